The summed E-state index contributed by atoms with van der Waals surface area (Å²) in [7, 11) is 2.27. The molecule has 0 aliphatic heterocycles. The Balaban J connectivity index is 2.14. The van der Waals surface area contributed by atoms with Crippen molar-refractivity contribution >= 4 is 0 Å². The number of hydrogen-bond donors (Lipinski definition) is 2. The van der Waals surface area contributed by atoms with Gasteiger partial charge in [0.1, 0.15) is 0 Å². The van der Waals surface area contributed by atoms with E-state index in [0.29, 0.717) is 6.04 Å². The summed E-state index contributed by atoms with van der Waals surface area (Å²) in [5.41, 5.74) is -0.115. The molecule has 0 bridgehead atoms. The Bertz CT molecular complexity index is 264. The first-order valence-electron chi connectivity index (χ1n) is 9.02. The summed E-state index contributed by atoms with van der Waals surface area (Å²) < 4.78 is 0. The highest BCUT2D eigenvalue weighted by molar-refractivity contribution is 4.83. The maximum atomic E-state index is 9.59. The summed E-state index contributed by atoms with van der Waals surface area (Å²) in [6.07, 6.45) is 10.7. The maximum absolute atomic E-state index is 9.59. The van der Waals surface area contributed by atoms with E-state index in [0.717, 1.165) is 12.3 Å². The highest BCUT2D eigenvalue weighted by atomic mass is 16.3. The van der Waals surface area contributed by atoms with Crippen molar-refractivity contribution < 1.29 is 5.11 Å². The molecule has 0 radical (unpaired) electrons. The molecule has 0 amide bonds. The first-order valence-corrected chi connectivity index (χ1v) is 9.02. The smallest absolute Gasteiger partial charge is 0.0610 e. The van der Waals surface area contributed by atoms with Crippen LogP contribution >= 0.6 is 0 Å². The van der Waals surface area contributed by atoms with Gasteiger partial charge in [-0.25, -0.2) is 0 Å². The molecule has 2 N–H and O–H groups in total. The van der Waals surface area contributed by atoms with Crippen LogP contribution in [-0.4, -0.2) is 48.3 Å². The molecule has 0 aromatic heterocycles. The van der Waals surface area contributed by atoms with Crippen LogP contribution in [0.25, 0.3) is 0 Å². The zero-order valence-corrected chi connectivity index (χ0v) is 14.8. The lowest BCUT2D eigenvalue weighted by molar-refractivity contribution is 0.151. The number of nitrogens with zero attached hydrogens (tertiary/aromatic N) is 1. The molecular weight excluding hydrogens is 260 g/mol. The number of nitrogens with one attached hydrogen (secondary N) is 1. The minimum Gasteiger partial charge on any atom is -0.394 e. The van der Waals surface area contributed by atoms with Crippen molar-refractivity contribution in [1.29, 1.82) is 0 Å². The predicted molar refractivity (Wildman–Crippen MR) is 91.7 cm³/mol. The standard InChI is InChI=1S/C18H38N2O/c1-16(2)19-18(3,15-21)12-8-9-13-20(4)14-17-10-6-5-7-11-17/h16-17,19,21H,5-15H2,1-4H3. The van der Waals surface area contributed by atoms with Gasteiger partial charge in [-0.2, -0.15) is 0 Å². The monoisotopic (exact) mass is 298 g/mol. The van der Waals surface area contributed by atoms with Crippen LogP contribution in [0.3, 0.4) is 0 Å². The molecule has 21 heavy (non-hydrogen) atoms. The summed E-state index contributed by atoms with van der Waals surface area (Å²) in [5.74, 6) is 0.939. The Morgan fingerprint density at radius 3 is 2.43 bits per heavy atom. The Morgan fingerprint density at radius 1 is 1.19 bits per heavy atom. The van der Waals surface area contributed by atoms with Crippen molar-refractivity contribution in [2.45, 2.75) is 83.7 Å². The van der Waals surface area contributed by atoms with E-state index in [1.165, 1.54) is 58.0 Å². The van der Waals surface area contributed by atoms with Gasteiger partial charge < -0.3 is 15.3 Å². The Hall–Kier alpha value is -0.120. The predicted octanol–water partition coefficient (Wildman–Crippen LogP) is 3.42. The molecule has 126 valence electrons. The van der Waals surface area contributed by atoms with Gasteiger partial charge in [0.15, 0.2) is 0 Å². The van der Waals surface area contributed by atoms with Crippen LogP contribution in [0.15, 0.2) is 0 Å². The molecule has 0 aromatic rings. The molecule has 3 heteroatoms. The van der Waals surface area contributed by atoms with Crippen LogP contribution in [-0.2, 0) is 0 Å². The molecule has 1 aliphatic carbocycles. The zero-order valence-electron chi connectivity index (χ0n) is 14.8. The second kappa shape index (κ2) is 9.81. The number of aliphatic hydroxyl groups is 1. The molecule has 3 nitrogen and oxygen atoms in total. The van der Waals surface area contributed by atoms with E-state index in [2.05, 4.69) is 38.0 Å². The summed E-state index contributed by atoms with van der Waals surface area (Å²) in [5, 5.41) is 13.1. The molecule has 0 spiro atoms. The fourth-order valence-corrected chi connectivity index (χ4v) is 3.69. The third-order valence-corrected chi connectivity index (χ3v) is 4.80. The first kappa shape index (κ1) is 18.9. The van der Waals surface area contributed by atoms with Crippen LogP contribution in [0, 0.1) is 5.92 Å². The van der Waals surface area contributed by atoms with Crippen LogP contribution in [0.1, 0.15) is 72.1 Å². The molecule has 1 fully saturated rings. The average molecular weight is 299 g/mol. The second-order valence-corrected chi connectivity index (χ2v) is 7.74. The molecule has 0 heterocycles. The van der Waals surface area contributed by atoms with Crippen molar-refractivity contribution in [3.05, 3.63) is 0 Å². The molecular formula is C18H38N2O. The quantitative estimate of drug-likeness (QED) is 0.607. The lowest BCUT2D eigenvalue weighted by atomic mass is 9.89. The van der Waals surface area contributed by atoms with Gasteiger partial charge in [0.05, 0.1) is 6.61 Å². The van der Waals surface area contributed by atoms with Gasteiger partial charge in [-0.15, -0.1) is 0 Å². The van der Waals surface area contributed by atoms with Gasteiger partial charge >= 0.3 is 0 Å². The van der Waals surface area contributed by atoms with Crippen molar-refractivity contribution in [2.24, 2.45) is 5.92 Å². The highest BCUT2D eigenvalue weighted by Crippen LogP contribution is 2.24. The van der Waals surface area contributed by atoms with E-state index in [1.54, 1.807) is 0 Å². The van der Waals surface area contributed by atoms with E-state index in [1.807, 2.05) is 0 Å². The van der Waals surface area contributed by atoms with Crippen LogP contribution in [0.5, 0.6) is 0 Å². The van der Waals surface area contributed by atoms with E-state index < -0.39 is 0 Å². The number of unbranched alkanes of at least 4 members (excludes halogenated alkanes) is 1. The molecule has 1 atom stereocenters. The second-order valence-electron chi connectivity index (χ2n) is 7.74. The molecule has 1 saturated carbocycles. The lowest BCUT2D eigenvalue weighted by Crippen LogP contribution is -2.49. The van der Waals surface area contributed by atoms with Crippen molar-refractivity contribution in [2.75, 3.05) is 26.7 Å². The lowest BCUT2D eigenvalue weighted by Gasteiger charge is -2.31. The number of hydrogen-bond acceptors (Lipinski definition) is 3. The first-order chi connectivity index (χ1) is 9.95. The molecule has 0 aromatic carbocycles. The molecule has 1 aliphatic rings. The summed E-state index contributed by atoms with van der Waals surface area (Å²) >= 11 is 0. The van der Waals surface area contributed by atoms with E-state index in [9.17, 15) is 5.11 Å². The van der Waals surface area contributed by atoms with Crippen LogP contribution in [0.2, 0.25) is 0 Å². The number of rotatable bonds is 10. The van der Waals surface area contributed by atoms with Crippen molar-refractivity contribution in [1.82, 2.24) is 10.2 Å². The minimum atomic E-state index is -0.115. The Labute approximate surface area is 132 Å². The Kier molecular flexibility index (Phi) is 8.84. The van der Waals surface area contributed by atoms with Gasteiger partial charge in [0.25, 0.3) is 0 Å². The topological polar surface area (TPSA) is 35.5 Å². The van der Waals surface area contributed by atoms with Crippen LogP contribution < -0.4 is 5.32 Å². The van der Waals surface area contributed by atoms with E-state index in [-0.39, 0.29) is 12.1 Å². The summed E-state index contributed by atoms with van der Waals surface area (Å²) in [6.45, 7) is 9.13. The van der Waals surface area contributed by atoms with Gasteiger partial charge in [-0.3, -0.25) is 0 Å². The summed E-state index contributed by atoms with van der Waals surface area (Å²) in [4.78, 5) is 2.52. The van der Waals surface area contributed by atoms with Crippen molar-refractivity contribution in [3.8, 4) is 0 Å². The largest absolute Gasteiger partial charge is 0.394 e. The van der Waals surface area contributed by atoms with Gasteiger partial charge in [0.2, 0.25) is 0 Å². The van der Waals surface area contributed by atoms with E-state index in [4.69, 9.17) is 0 Å². The fourth-order valence-electron chi connectivity index (χ4n) is 3.69. The van der Waals surface area contributed by atoms with Crippen molar-refractivity contribution in [3.63, 3.8) is 0 Å². The zero-order chi connectivity index (χ0) is 15.7. The van der Waals surface area contributed by atoms with Gasteiger partial charge in [-0.05, 0) is 52.1 Å². The van der Waals surface area contributed by atoms with Gasteiger partial charge in [-0.1, -0.05) is 39.5 Å². The average Bonchev–Trinajstić information content (AvgIpc) is 2.44. The SMILES string of the molecule is CC(C)NC(C)(CO)CCCCN(C)CC1CCCCC1. The summed E-state index contributed by atoms with van der Waals surface area (Å²) in [6, 6.07) is 0.427. The normalized spacial score (nSPS) is 20.1. The minimum absolute atomic E-state index is 0.115. The highest BCUT2D eigenvalue weighted by Gasteiger charge is 2.23. The van der Waals surface area contributed by atoms with E-state index >= 15 is 0 Å². The Morgan fingerprint density at radius 2 is 1.86 bits per heavy atom. The van der Waals surface area contributed by atoms with Crippen LogP contribution in [0.4, 0.5) is 0 Å². The third-order valence-electron chi connectivity index (χ3n) is 4.80. The maximum Gasteiger partial charge on any atom is 0.0610 e. The molecule has 1 unspecified atom stereocenters. The number of aliphatic hydroxyl groups excluding tert-OH is 1. The fraction of sp³-hybridized carbons (Fsp3) is 1.00. The third kappa shape index (κ3) is 8.18. The van der Waals surface area contributed by atoms with Gasteiger partial charge in [0, 0.05) is 18.1 Å². The molecule has 1 rings (SSSR count). The molecule has 0 saturated heterocycles.